The van der Waals surface area contributed by atoms with Crippen LogP contribution < -0.4 is 5.32 Å². The highest BCUT2D eigenvalue weighted by Gasteiger charge is 2.21. The summed E-state index contributed by atoms with van der Waals surface area (Å²) in [4.78, 5) is 26.2. The fraction of sp³-hybridized carbons (Fsp3) is 0.238. The molecule has 0 aliphatic rings. The first-order valence-corrected chi connectivity index (χ1v) is 10.7. The maximum Gasteiger partial charge on any atom is 0.169 e. The van der Waals surface area contributed by atoms with E-state index < -0.39 is 0 Å². The number of aryl methyl sites for hydroxylation is 1. The average Bonchev–Trinajstić information content (AvgIpc) is 2.77. The largest absolute Gasteiger partial charge is 0.395 e. The summed E-state index contributed by atoms with van der Waals surface area (Å²) in [6.07, 6.45) is 6.13. The standard InChI is InChI=1S/C21H21ClN4O2S/c1-29-21-18(17(28)7-4-14-2-5-16(22)6-3-14)20(24-12-13-27)25-19(26-21)15-8-10-23-11-9-15/h2-3,5-6,8-11,27H,4,7,12-13H2,1H3,(H,24,25,26). The van der Waals surface area contributed by atoms with E-state index in [9.17, 15) is 9.90 Å². The number of aromatic nitrogens is 3. The van der Waals surface area contributed by atoms with Crippen LogP contribution in [0.4, 0.5) is 5.82 Å². The van der Waals surface area contributed by atoms with Crippen molar-refractivity contribution in [1.82, 2.24) is 15.0 Å². The molecule has 3 aromatic rings. The van der Waals surface area contributed by atoms with Gasteiger partial charge in [-0.15, -0.1) is 11.8 Å². The van der Waals surface area contributed by atoms with E-state index >= 15 is 0 Å². The minimum atomic E-state index is -0.0679. The Morgan fingerprint density at radius 1 is 1.14 bits per heavy atom. The van der Waals surface area contributed by atoms with Crippen molar-refractivity contribution >= 4 is 35.0 Å². The van der Waals surface area contributed by atoms with Crippen LogP contribution in [0.5, 0.6) is 0 Å². The van der Waals surface area contributed by atoms with Crippen molar-refractivity contribution in [3.05, 3.63) is 64.9 Å². The number of halogens is 1. The van der Waals surface area contributed by atoms with Gasteiger partial charge >= 0.3 is 0 Å². The molecule has 0 bridgehead atoms. The molecule has 0 amide bonds. The van der Waals surface area contributed by atoms with Crippen LogP contribution in [0.2, 0.25) is 5.02 Å². The van der Waals surface area contributed by atoms with Gasteiger partial charge < -0.3 is 10.4 Å². The lowest BCUT2D eigenvalue weighted by atomic mass is 10.0. The Balaban J connectivity index is 1.92. The van der Waals surface area contributed by atoms with Gasteiger partial charge in [0.1, 0.15) is 10.8 Å². The summed E-state index contributed by atoms with van der Waals surface area (Å²) in [6, 6.07) is 11.1. The molecule has 0 unspecified atom stereocenters. The van der Waals surface area contributed by atoms with Gasteiger partial charge in [0.25, 0.3) is 0 Å². The van der Waals surface area contributed by atoms with Crippen molar-refractivity contribution in [2.45, 2.75) is 17.9 Å². The number of pyridine rings is 1. The predicted molar refractivity (Wildman–Crippen MR) is 117 cm³/mol. The zero-order chi connectivity index (χ0) is 20.6. The molecular formula is C21H21ClN4O2S. The Kier molecular flexibility index (Phi) is 7.57. The number of nitrogens with one attached hydrogen (secondary N) is 1. The highest BCUT2D eigenvalue weighted by Crippen LogP contribution is 2.29. The Hall–Kier alpha value is -2.48. The van der Waals surface area contributed by atoms with Crippen LogP contribution in [0.3, 0.4) is 0 Å². The van der Waals surface area contributed by atoms with Gasteiger partial charge in [-0.1, -0.05) is 23.7 Å². The monoisotopic (exact) mass is 428 g/mol. The Morgan fingerprint density at radius 2 is 1.86 bits per heavy atom. The SMILES string of the molecule is CSc1nc(-c2ccncc2)nc(NCCO)c1C(=O)CCc1ccc(Cl)cc1. The summed E-state index contributed by atoms with van der Waals surface area (Å²) in [5, 5.41) is 13.6. The Morgan fingerprint density at radius 3 is 2.52 bits per heavy atom. The molecule has 0 spiro atoms. The van der Waals surface area contributed by atoms with Crippen LogP contribution >= 0.6 is 23.4 Å². The zero-order valence-electron chi connectivity index (χ0n) is 15.9. The summed E-state index contributed by atoms with van der Waals surface area (Å²) >= 11 is 7.32. The number of carbonyl (C=O) groups is 1. The molecule has 1 aromatic carbocycles. The lowest BCUT2D eigenvalue weighted by Crippen LogP contribution is -2.15. The van der Waals surface area contributed by atoms with Crippen molar-refractivity contribution in [2.75, 3.05) is 24.7 Å². The number of aliphatic hydroxyl groups excluding tert-OH is 1. The van der Waals surface area contributed by atoms with E-state index in [-0.39, 0.29) is 18.9 Å². The fourth-order valence-corrected chi connectivity index (χ4v) is 3.52. The summed E-state index contributed by atoms with van der Waals surface area (Å²) in [6.45, 7) is 0.222. The van der Waals surface area contributed by atoms with Crippen molar-refractivity contribution in [2.24, 2.45) is 0 Å². The van der Waals surface area contributed by atoms with E-state index in [1.165, 1.54) is 11.8 Å². The second-order valence-electron chi connectivity index (χ2n) is 6.22. The van der Waals surface area contributed by atoms with Crippen LogP contribution in [0.1, 0.15) is 22.3 Å². The molecule has 2 N–H and O–H groups in total. The number of nitrogens with zero attached hydrogens (tertiary/aromatic N) is 3. The Bertz CT molecular complexity index is 968. The van der Waals surface area contributed by atoms with E-state index in [4.69, 9.17) is 11.6 Å². The lowest BCUT2D eigenvalue weighted by molar-refractivity contribution is 0.0979. The number of hydrogen-bond donors (Lipinski definition) is 2. The van der Waals surface area contributed by atoms with Gasteiger partial charge in [-0.2, -0.15) is 0 Å². The fourth-order valence-electron chi connectivity index (χ4n) is 2.81. The van der Waals surface area contributed by atoms with E-state index in [2.05, 4.69) is 20.3 Å². The first-order chi connectivity index (χ1) is 14.1. The van der Waals surface area contributed by atoms with Gasteiger partial charge in [-0.25, -0.2) is 9.97 Å². The summed E-state index contributed by atoms with van der Waals surface area (Å²) in [7, 11) is 0. The third-order valence-corrected chi connectivity index (χ3v) is 5.18. The average molecular weight is 429 g/mol. The smallest absolute Gasteiger partial charge is 0.169 e. The van der Waals surface area contributed by atoms with Crippen molar-refractivity contribution < 1.29 is 9.90 Å². The molecule has 0 fully saturated rings. The maximum atomic E-state index is 13.1. The molecule has 2 aromatic heterocycles. The molecular weight excluding hydrogens is 408 g/mol. The minimum Gasteiger partial charge on any atom is -0.395 e. The van der Waals surface area contributed by atoms with Crippen LogP contribution in [-0.4, -0.2) is 45.2 Å². The van der Waals surface area contributed by atoms with Gasteiger partial charge in [0, 0.05) is 35.9 Å². The van der Waals surface area contributed by atoms with Crippen LogP contribution in [-0.2, 0) is 6.42 Å². The maximum absolute atomic E-state index is 13.1. The number of rotatable bonds is 9. The first kappa shape index (κ1) is 21.2. The number of Topliss-reactive ketones (excluding diaryl/α,β-unsaturated/α-hetero) is 1. The molecule has 6 nitrogen and oxygen atoms in total. The van der Waals surface area contributed by atoms with Crippen molar-refractivity contribution in [3.63, 3.8) is 0 Å². The summed E-state index contributed by atoms with van der Waals surface area (Å²) < 4.78 is 0. The summed E-state index contributed by atoms with van der Waals surface area (Å²) in [5.41, 5.74) is 2.30. The quantitative estimate of drug-likeness (QED) is 0.301. The highest BCUT2D eigenvalue weighted by molar-refractivity contribution is 7.98. The number of aliphatic hydroxyl groups is 1. The number of hydrogen-bond acceptors (Lipinski definition) is 7. The number of benzene rings is 1. The number of thioether (sulfide) groups is 1. The van der Waals surface area contributed by atoms with Gasteiger partial charge in [-0.05, 0) is 42.5 Å². The molecule has 3 rings (SSSR count). The second kappa shape index (κ2) is 10.3. The van der Waals surface area contributed by atoms with Crippen molar-refractivity contribution in [1.29, 1.82) is 0 Å². The van der Waals surface area contributed by atoms with Crippen molar-refractivity contribution in [3.8, 4) is 11.4 Å². The molecule has 0 aliphatic carbocycles. The zero-order valence-corrected chi connectivity index (χ0v) is 17.5. The second-order valence-corrected chi connectivity index (χ2v) is 7.45. The van der Waals surface area contributed by atoms with E-state index in [1.807, 2.05) is 42.7 Å². The van der Waals surface area contributed by atoms with Crippen LogP contribution in [0.25, 0.3) is 11.4 Å². The minimum absolute atomic E-state index is 0.0500. The Labute approximate surface area is 178 Å². The van der Waals surface area contributed by atoms with Gasteiger partial charge in [0.05, 0.1) is 12.2 Å². The molecule has 0 radical (unpaired) electrons. The number of anilines is 1. The normalized spacial score (nSPS) is 10.7. The third-order valence-electron chi connectivity index (χ3n) is 4.24. The van der Waals surface area contributed by atoms with Crippen LogP contribution in [0.15, 0.2) is 53.8 Å². The van der Waals surface area contributed by atoms with Gasteiger partial charge in [0.15, 0.2) is 11.6 Å². The molecule has 150 valence electrons. The molecule has 8 heteroatoms. The number of ketones is 1. The molecule has 2 heterocycles. The molecule has 0 saturated carbocycles. The number of carbonyl (C=O) groups excluding carboxylic acids is 1. The first-order valence-electron chi connectivity index (χ1n) is 9.11. The predicted octanol–water partition coefficient (Wildman–Crippen LogP) is 4.13. The molecule has 0 atom stereocenters. The van der Waals surface area contributed by atoms with Crippen LogP contribution in [0, 0.1) is 0 Å². The van der Waals surface area contributed by atoms with E-state index in [0.29, 0.717) is 40.1 Å². The molecule has 29 heavy (non-hydrogen) atoms. The highest BCUT2D eigenvalue weighted by atomic mass is 35.5. The third kappa shape index (κ3) is 5.53. The van der Waals surface area contributed by atoms with E-state index in [1.54, 1.807) is 12.4 Å². The van der Waals surface area contributed by atoms with E-state index in [0.717, 1.165) is 11.1 Å². The topological polar surface area (TPSA) is 88.0 Å². The molecule has 0 aliphatic heterocycles. The molecule has 0 saturated heterocycles. The summed E-state index contributed by atoms with van der Waals surface area (Å²) in [5.74, 6) is 0.892. The van der Waals surface area contributed by atoms with Gasteiger partial charge in [0.2, 0.25) is 0 Å². The van der Waals surface area contributed by atoms with Gasteiger partial charge in [-0.3, -0.25) is 9.78 Å². The lowest BCUT2D eigenvalue weighted by Gasteiger charge is -2.14.